The molecule has 0 spiro atoms. The van der Waals surface area contributed by atoms with E-state index >= 15 is 0 Å². The fourth-order valence-electron chi connectivity index (χ4n) is 1.94. The molecule has 0 bridgehead atoms. The molecule has 0 atom stereocenters. The minimum absolute atomic E-state index is 0.319. The number of benzene rings is 1. The Bertz CT molecular complexity index is 676. The van der Waals surface area contributed by atoms with Gasteiger partial charge in [0.15, 0.2) is 5.76 Å². The van der Waals surface area contributed by atoms with Gasteiger partial charge in [-0.15, -0.1) is 11.6 Å². The van der Waals surface area contributed by atoms with Crippen LogP contribution in [0.15, 0.2) is 35.0 Å². The Hall–Kier alpha value is -1.52. The van der Waals surface area contributed by atoms with Crippen LogP contribution in [0.2, 0.25) is 5.02 Å². The van der Waals surface area contributed by atoms with E-state index in [0.717, 1.165) is 22.6 Å². The smallest absolute Gasteiger partial charge is 0.156 e. The summed E-state index contributed by atoms with van der Waals surface area (Å²) >= 11 is 12.1. The Morgan fingerprint density at radius 2 is 2.17 bits per heavy atom. The molecule has 0 saturated carbocycles. The fraction of sp³-hybridized carbons (Fsp3) is 0.167. The molecule has 0 unspecified atom stereocenters. The summed E-state index contributed by atoms with van der Waals surface area (Å²) < 4.78 is 7.06. The molecule has 3 aromatic rings. The summed E-state index contributed by atoms with van der Waals surface area (Å²) in [4.78, 5) is 4.46. The Morgan fingerprint density at radius 1 is 1.28 bits per heavy atom. The van der Waals surface area contributed by atoms with E-state index in [1.54, 1.807) is 12.3 Å². The lowest BCUT2D eigenvalue weighted by atomic mass is 10.3. The maximum Gasteiger partial charge on any atom is 0.156 e. The zero-order valence-corrected chi connectivity index (χ0v) is 10.8. The first-order chi connectivity index (χ1) is 8.79. The summed E-state index contributed by atoms with van der Waals surface area (Å²) in [7, 11) is 0. The van der Waals surface area contributed by atoms with Crippen LogP contribution in [0.5, 0.6) is 0 Å². The number of imidazole rings is 1. The molecule has 0 amide bonds. The molecule has 2 aromatic heterocycles. The molecule has 0 aliphatic rings. The first-order valence-corrected chi connectivity index (χ1v) is 6.30. The first kappa shape index (κ1) is 11.6. The van der Waals surface area contributed by atoms with Gasteiger partial charge in [-0.1, -0.05) is 22.8 Å². The van der Waals surface area contributed by atoms with E-state index in [0.29, 0.717) is 17.4 Å². The van der Waals surface area contributed by atoms with Crippen LogP contribution in [0.4, 0.5) is 0 Å². The van der Waals surface area contributed by atoms with Crippen molar-refractivity contribution in [2.24, 2.45) is 0 Å². The van der Waals surface area contributed by atoms with Crippen molar-refractivity contribution >= 4 is 34.2 Å². The molecule has 0 saturated heterocycles. The maximum atomic E-state index is 6.22. The third kappa shape index (κ3) is 1.87. The highest BCUT2D eigenvalue weighted by atomic mass is 35.5. The summed E-state index contributed by atoms with van der Waals surface area (Å²) in [5.74, 6) is 1.82. The first-order valence-electron chi connectivity index (χ1n) is 5.38. The molecular weight excluding hydrogens is 273 g/mol. The van der Waals surface area contributed by atoms with Gasteiger partial charge in [-0.25, -0.2) is 4.98 Å². The van der Waals surface area contributed by atoms with Crippen LogP contribution < -0.4 is 0 Å². The van der Waals surface area contributed by atoms with Gasteiger partial charge in [0.2, 0.25) is 0 Å². The lowest BCUT2D eigenvalue weighted by molar-refractivity contribution is 0.376. The van der Waals surface area contributed by atoms with E-state index in [1.165, 1.54) is 0 Å². The number of aromatic nitrogens is 3. The van der Waals surface area contributed by atoms with Gasteiger partial charge in [-0.05, 0) is 12.1 Å². The second-order valence-corrected chi connectivity index (χ2v) is 4.51. The number of para-hydroxylation sites is 1. The van der Waals surface area contributed by atoms with E-state index in [1.807, 2.05) is 22.8 Å². The van der Waals surface area contributed by atoms with Crippen molar-refractivity contribution in [1.82, 2.24) is 14.7 Å². The number of rotatable bonds is 3. The lowest BCUT2D eigenvalue weighted by Gasteiger charge is -2.05. The molecule has 4 nitrogen and oxygen atoms in total. The Morgan fingerprint density at radius 3 is 2.89 bits per heavy atom. The number of hydrogen-bond acceptors (Lipinski definition) is 3. The zero-order valence-electron chi connectivity index (χ0n) is 9.31. The SMILES string of the molecule is ClCc1nc2cccc(Cl)c2n1Cc1ccno1. The van der Waals surface area contributed by atoms with Gasteiger partial charge in [-0.3, -0.25) is 0 Å². The van der Waals surface area contributed by atoms with Crippen LogP contribution in [0.25, 0.3) is 11.0 Å². The van der Waals surface area contributed by atoms with Crippen molar-refractivity contribution in [2.75, 3.05) is 0 Å². The lowest BCUT2D eigenvalue weighted by Crippen LogP contribution is -2.03. The molecule has 0 aliphatic carbocycles. The highest BCUT2D eigenvalue weighted by Gasteiger charge is 2.14. The van der Waals surface area contributed by atoms with Gasteiger partial charge >= 0.3 is 0 Å². The predicted octanol–water partition coefficient (Wildman–Crippen LogP) is 3.46. The second-order valence-electron chi connectivity index (χ2n) is 3.83. The second kappa shape index (κ2) is 4.63. The van der Waals surface area contributed by atoms with Crippen molar-refractivity contribution in [1.29, 1.82) is 0 Å². The minimum atomic E-state index is 0.319. The quantitative estimate of drug-likeness (QED) is 0.691. The molecule has 2 heterocycles. The van der Waals surface area contributed by atoms with Crippen LogP contribution in [0.3, 0.4) is 0 Å². The molecule has 0 aliphatic heterocycles. The minimum Gasteiger partial charge on any atom is -0.359 e. The van der Waals surface area contributed by atoms with Gasteiger partial charge in [0.1, 0.15) is 5.82 Å². The third-order valence-corrected chi connectivity index (χ3v) is 3.27. The van der Waals surface area contributed by atoms with E-state index in [4.69, 9.17) is 27.7 Å². The number of alkyl halides is 1. The molecule has 0 fully saturated rings. The monoisotopic (exact) mass is 281 g/mol. The van der Waals surface area contributed by atoms with E-state index in [-0.39, 0.29) is 0 Å². The zero-order chi connectivity index (χ0) is 12.5. The van der Waals surface area contributed by atoms with Crippen molar-refractivity contribution in [3.05, 3.63) is 47.1 Å². The predicted molar refractivity (Wildman–Crippen MR) is 69.9 cm³/mol. The van der Waals surface area contributed by atoms with Crippen LogP contribution in [-0.4, -0.2) is 14.7 Å². The highest BCUT2D eigenvalue weighted by Crippen LogP contribution is 2.26. The molecule has 0 radical (unpaired) electrons. The van der Waals surface area contributed by atoms with E-state index in [2.05, 4.69) is 10.1 Å². The van der Waals surface area contributed by atoms with Crippen molar-refractivity contribution < 1.29 is 4.52 Å². The molecular formula is C12H9Cl2N3O. The van der Waals surface area contributed by atoms with Crippen LogP contribution in [-0.2, 0) is 12.4 Å². The average Bonchev–Trinajstić information content (AvgIpc) is 2.98. The van der Waals surface area contributed by atoms with Crippen LogP contribution in [0.1, 0.15) is 11.6 Å². The molecule has 6 heteroatoms. The molecule has 0 N–H and O–H groups in total. The van der Waals surface area contributed by atoms with Gasteiger partial charge in [0, 0.05) is 6.07 Å². The van der Waals surface area contributed by atoms with Crippen molar-refractivity contribution in [2.45, 2.75) is 12.4 Å². The third-order valence-electron chi connectivity index (χ3n) is 2.72. The number of hydrogen-bond donors (Lipinski definition) is 0. The van der Waals surface area contributed by atoms with Crippen LogP contribution in [0, 0.1) is 0 Å². The largest absolute Gasteiger partial charge is 0.359 e. The highest BCUT2D eigenvalue weighted by molar-refractivity contribution is 6.35. The standard InChI is InChI=1S/C12H9Cl2N3O/c13-6-11-16-10-3-1-2-9(14)12(10)17(11)7-8-4-5-15-18-8/h1-5H,6-7H2. The number of fused-ring (bicyclic) bond motifs is 1. The topological polar surface area (TPSA) is 43.9 Å². The molecule has 92 valence electrons. The average molecular weight is 282 g/mol. The van der Waals surface area contributed by atoms with Crippen LogP contribution >= 0.6 is 23.2 Å². The molecule has 3 rings (SSSR count). The summed E-state index contributed by atoms with van der Waals surface area (Å²) in [6, 6.07) is 7.42. The fourth-order valence-corrected chi connectivity index (χ4v) is 2.42. The Labute approximate surface area is 113 Å². The normalized spacial score (nSPS) is 11.2. The van der Waals surface area contributed by atoms with Crippen molar-refractivity contribution in [3.63, 3.8) is 0 Å². The summed E-state index contributed by atoms with van der Waals surface area (Å²) in [6.07, 6.45) is 1.61. The van der Waals surface area contributed by atoms with Gasteiger partial charge in [-0.2, -0.15) is 0 Å². The van der Waals surface area contributed by atoms with Crippen molar-refractivity contribution in [3.8, 4) is 0 Å². The van der Waals surface area contributed by atoms with E-state index in [9.17, 15) is 0 Å². The molecule has 1 aromatic carbocycles. The van der Waals surface area contributed by atoms with Gasteiger partial charge in [0.25, 0.3) is 0 Å². The van der Waals surface area contributed by atoms with Gasteiger partial charge < -0.3 is 9.09 Å². The number of nitrogens with zero attached hydrogens (tertiary/aromatic N) is 3. The molecule has 18 heavy (non-hydrogen) atoms. The summed E-state index contributed by atoms with van der Waals surface area (Å²) in [5.41, 5.74) is 1.70. The summed E-state index contributed by atoms with van der Waals surface area (Å²) in [6.45, 7) is 0.516. The Balaban J connectivity index is 2.19. The van der Waals surface area contributed by atoms with Gasteiger partial charge in [0.05, 0.1) is 34.7 Å². The Kier molecular flexibility index (Phi) is 2.97. The maximum absolute atomic E-state index is 6.22. The van der Waals surface area contributed by atoms with E-state index < -0.39 is 0 Å². The summed E-state index contributed by atoms with van der Waals surface area (Å²) in [5, 5.41) is 4.33. The number of halogens is 2.